The Morgan fingerprint density at radius 3 is 3.04 bits per heavy atom. The van der Waals surface area contributed by atoms with Crippen molar-refractivity contribution in [3.05, 3.63) is 54.0 Å². The Balaban J connectivity index is 1.63. The van der Waals surface area contributed by atoms with Gasteiger partial charge in [0.1, 0.15) is 5.82 Å². The highest BCUT2D eigenvalue weighted by molar-refractivity contribution is 7.22. The van der Waals surface area contributed by atoms with Gasteiger partial charge in [0.2, 0.25) is 0 Å². The Morgan fingerprint density at radius 1 is 1.32 bits per heavy atom. The minimum atomic E-state index is -0.418. The zero-order chi connectivity index (χ0) is 17.4. The van der Waals surface area contributed by atoms with Crippen LogP contribution in [0.4, 0.5) is 9.52 Å². The number of para-hydroxylation sites is 1. The van der Waals surface area contributed by atoms with Crippen molar-refractivity contribution >= 4 is 43.6 Å². The topological polar surface area (TPSA) is 64.4 Å². The summed E-state index contributed by atoms with van der Waals surface area (Å²) in [7, 11) is 0. The lowest BCUT2D eigenvalue weighted by atomic mass is 10.2. The first-order chi connectivity index (χ1) is 12.1. The van der Waals surface area contributed by atoms with Gasteiger partial charge in [0, 0.05) is 5.39 Å². The number of hydrogen-bond donors (Lipinski definition) is 1. The number of furan rings is 1. The fourth-order valence-electron chi connectivity index (χ4n) is 2.53. The first-order valence-corrected chi connectivity index (χ1v) is 8.48. The molecule has 0 radical (unpaired) electrons. The number of aromatic nitrogens is 1. The minimum Gasteiger partial charge on any atom is -0.490 e. The molecular formula is C18H13FN2O3S. The van der Waals surface area contributed by atoms with Gasteiger partial charge < -0.3 is 9.15 Å². The number of fused-ring (bicyclic) bond motifs is 2. The van der Waals surface area contributed by atoms with Crippen LogP contribution in [0.3, 0.4) is 0 Å². The average Bonchev–Trinajstić information content (AvgIpc) is 3.18. The van der Waals surface area contributed by atoms with E-state index in [1.807, 2.05) is 19.1 Å². The van der Waals surface area contributed by atoms with Gasteiger partial charge in [0.25, 0.3) is 5.91 Å². The van der Waals surface area contributed by atoms with Crippen LogP contribution in [0.2, 0.25) is 0 Å². The SMILES string of the molecule is CCOc1cccc2cc(C(=O)Nc3nc4ccc(F)cc4s3)oc12. The quantitative estimate of drug-likeness (QED) is 0.569. The maximum Gasteiger partial charge on any atom is 0.293 e. The van der Waals surface area contributed by atoms with E-state index >= 15 is 0 Å². The fourth-order valence-corrected chi connectivity index (χ4v) is 3.41. The first-order valence-electron chi connectivity index (χ1n) is 7.67. The van der Waals surface area contributed by atoms with Gasteiger partial charge in [-0.05, 0) is 37.3 Å². The molecule has 5 nitrogen and oxygen atoms in total. The number of anilines is 1. The molecule has 25 heavy (non-hydrogen) atoms. The van der Waals surface area contributed by atoms with Crippen molar-refractivity contribution in [2.75, 3.05) is 11.9 Å². The van der Waals surface area contributed by atoms with E-state index in [1.54, 1.807) is 18.2 Å². The van der Waals surface area contributed by atoms with Gasteiger partial charge in [-0.2, -0.15) is 0 Å². The molecule has 2 aromatic heterocycles. The largest absolute Gasteiger partial charge is 0.490 e. The van der Waals surface area contributed by atoms with Crippen LogP contribution >= 0.6 is 11.3 Å². The van der Waals surface area contributed by atoms with Crippen LogP contribution < -0.4 is 10.1 Å². The number of nitrogens with one attached hydrogen (secondary N) is 1. The van der Waals surface area contributed by atoms with Gasteiger partial charge in [-0.3, -0.25) is 10.1 Å². The number of halogens is 1. The molecule has 0 aliphatic heterocycles. The summed E-state index contributed by atoms with van der Waals surface area (Å²) >= 11 is 1.20. The minimum absolute atomic E-state index is 0.160. The molecule has 4 rings (SSSR count). The summed E-state index contributed by atoms with van der Waals surface area (Å²) in [6.07, 6.45) is 0. The molecule has 2 aromatic carbocycles. The third-order valence-electron chi connectivity index (χ3n) is 3.60. The summed E-state index contributed by atoms with van der Waals surface area (Å²) in [5.74, 6) is -0.00459. The van der Waals surface area contributed by atoms with Gasteiger partial charge in [-0.15, -0.1) is 0 Å². The number of carbonyl (C=O) groups is 1. The van der Waals surface area contributed by atoms with E-state index in [9.17, 15) is 9.18 Å². The van der Waals surface area contributed by atoms with Crippen molar-refractivity contribution < 1.29 is 18.3 Å². The van der Waals surface area contributed by atoms with Crippen molar-refractivity contribution in [3.8, 4) is 5.75 Å². The van der Waals surface area contributed by atoms with E-state index in [4.69, 9.17) is 9.15 Å². The van der Waals surface area contributed by atoms with Gasteiger partial charge >= 0.3 is 0 Å². The molecule has 2 heterocycles. The third-order valence-corrected chi connectivity index (χ3v) is 4.54. The summed E-state index contributed by atoms with van der Waals surface area (Å²) in [6, 6.07) is 11.4. The molecule has 0 fully saturated rings. The second-order valence-electron chi connectivity index (χ2n) is 5.30. The molecule has 0 saturated heterocycles. The molecule has 1 N–H and O–H groups in total. The Labute approximate surface area is 146 Å². The van der Waals surface area contributed by atoms with Gasteiger partial charge in [-0.25, -0.2) is 9.37 Å². The van der Waals surface area contributed by atoms with Crippen LogP contribution in [0.25, 0.3) is 21.2 Å². The normalized spacial score (nSPS) is 11.1. The standard InChI is InChI=1S/C18H13FN2O3S/c1-2-23-13-5-3-4-10-8-14(24-16(10)13)17(22)21-18-20-12-7-6-11(19)9-15(12)25-18/h3-9H,2H2,1H3,(H,20,21,22). The van der Waals surface area contributed by atoms with Crippen LogP contribution in [0.1, 0.15) is 17.5 Å². The van der Waals surface area contributed by atoms with Gasteiger partial charge in [0.05, 0.1) is 16.8 Å². The van der Waals surface area contributed by atoms with E-state index in [0.29, 0.717) is 33.3 Å². The maximum absolute atomic E-state index is 13.3. The fraction of sp³-hybridized carbons (Fsp3) is 0.111. The number of amides is 1. The van der Waals surface area contributed by atoms with Gasteiger partial charge in [0.15, 0.2) is 22.2 Å². The monoisotopic (exact) mass is 356 g/mol. The smallest absolute Gasteiger partial charge is 0.293 e. The number of carbonyl (C=O) groups excluding carboxylic acids is 1. The van der Waals surface area contributed by atoms with Crippen LogP contribution in [0.15, 0.2) is 46.9 Å². The predicted molar refractivity (Wildman–Crippen MR) is 94.9 cm³/mol. The molecule has 1 amide bonds. The maximum atomic E-state index is 13.3. The summed E-state index contributed by atoms with van der Waals surface area (Å²) < 4.78 is 25.1. The number of thiazole rings is 1. The lowest BCUT2D eigenvalue weighted by molar-refractivity contribution is 0.0998. The molecule has 4 aromatic rings. The van der Waals surface area contributed by atoms with Crippen molar-refractivity contribution in [3.63, 3.8) is 0 Å². The molecule has 7 heteroatoms. The van der Waals surface area contributed by atoms with E-state index in [0.717, 1.165) is 5.39 Å². The molecule has 0 unspecified atom stereocenters. The van der Waals surface area contributed by atoms with E-state index in [2.05, 4.69) is 10.3 Å². The van der Waals surface area contributed by atoms with Crippen LogP contribution in [-0.2, 0) is 0 Å². The lowest BCUT2D eigenvalue weighted by Crippen LogP contribution is -2.10. The predicted octanol–water partition coefficient (Wildman–Crippen LogP) is 4.83. The van der Waals surface area contributed by atoms with Crippen LogP contribution in [0, 0.1) is 5.82 Å². The second kappa shape index (κ2) is 6.18. The molecular weight excluding hydrogens is 343 g/mol. The summed E-state index contributed by atoms with van der Waals surface area (Å²) in [6.45, 7) is 2.38. The summed E-state index contributed by atoms with van der Waals surface area (Å²) in [4.78, 5) is 16.7. The molecule has 0 bridgehead atoms. The molecule has 0 saturated carbocycles. The molecule has 0 aliphatic carbocycles. The average molecular weight is 356 g/mol. The number of benzene rings is 2. The number of nitrogens with zero attached hydrogens (tertiary/aromatic N) is 1. The number of hydrogen-bond acceptors (Lipinski definition) is 5. The Morgan fingerprint density at radius 2 is 2.20 bits per heavy atom. The van der Waals surface area contributed by atoms with Crippen molar-refractivity contribution in [1.82, 2.24) is 4.98 Å². The Hall–Kier alpha value is -2.93. The zero-order valence-corrected chi connectivity index (χ0v) is 14.0. The molecule has 0 atom stereocenters. The molecule has 0 aliphatic rings. The number of ether oxygens (including phenoxy) is 1. The zero-order valence-electron chi connectivity index (χ0n) is 13.2. The highest BCUT2D eigenvalue weighted by Crippen LogP contribution is 2.30. The van der Waals surface area contributed by atoms with E-state index < -0.39 is 5.91 Å². The summed E-state index contributed by atoms with van der Waals surface area (Å²) in [5, 5.41) is 3.86. The molecule has 126 valence electrons. The Kier molecular flexibility index (Phi) is 3.85. The number of rotatable bonds is 4. The van der Waals surface area contributed by atoms with Crippen LogP contribution in [-0.4, -0.2) is 17.5 Å². The van der Waals surface area contributed by atoms with Crippen molar-refractivity contribution in [2.45, 2.75) is 6.92 Å². The Bertz CT molecular complexity index is 1090. The highest BCUT2D eigenvalue weighted by Gasteiger charge is 2.16. The van der Waals surface area contributed by atoms with Crippen molar-refractivity contribution in [1.29, 1.82) is 0 Å². The van der Waals surface area contributed by atoms with Crippen molar-refractivity contribution in [2.24, 2.45) is 0 Å². The lowest BCUT2D eigenvalue weighted by Gasteiger charge is -2.02. The van der Waals surface area contributed by atoms with Crippen LogP contribution in [0.5, 0.6) is 5.75 Å². The van der Waals surface area contributed by atoms with E-state index in [-0.39, 0.29) is 11.6 Å². The molecule has 0 spiro atoms. The second-order valence-corrected chi connectivity index (χ2v) is 6.33. The summed E-state index contributed by atoms with van der Waals surface area (Å²) in [5.41, 5.74) is 1.16. The van der Waals surface area contributed by atoms with E-state index in [1.165, 1.54) is 23.5 Å². The first kappa shape index (κ1) is 15.6. The van der Waals surface area contributed by atoms with Gasteiger partial charge in [-0.1, -0.05) is 23.5 Å². The third kappa shape index (κ3) is 2.94. The highest BCUT2D eigenvalue weighted by atomic mass is 32.1.